The number of nitrogens with two attached hydrogens (primary N) is 1. The number of hydrogen-bond donors (Lipinski definition) is 1. The maximum absolute atomic E-state index is 13.0. The molecule has 2 N–H and O–H groups in total. The molecule has 0 fully saturated rings. The van der Waals surface area contributed by atoms with Gasteiger partial charge in [0.05, 0.1) is 12.2 Å². The molecule has 2 rings (SSSR count). The lowest BCUT2D eigenvalue weighted by Gasteiger charge is -2.09. The molecule has 4 nitrogen and oxygen atoms in total. The van der Waals surface area contributed by atoms with Crippen LogP contribution in [0.25, 0.3) is 0 Å². The molecule has 0 radical (unpaired) electrons. The predicted molar refractivity (Wildman–Crippen MR) is 67.0 cm³/mol. The van der Waals surface area contributed by atoms with Gasteiger partial charge in [0.2, 0.25) is 0 Å². The van der Waals surface area contributed by atoms with Crippen molar-refractivity contribution in [2.24, 2.45) is 0 Å². The fraction of sp³-hybridized carbons (Fsp3) is 0.154. The van der Waals surface area contributed by atoms with Crippen molar-refractivity contribution in [2.75, 3.05) is 12.3 Å². The van der Waals surface area contributed by atoms with Crippen LogP contribution in [-0.4, -0.2) is 11.2 Å². The van der Waals surface area contributed by atoms with Crippen molar-refractivity contribution in [3.8, 4) is 5.75 Å². The van der Waals surface area contributed by atoms with Gasteiger partial charge in [-0.25, -0.2) is 4.39 Å². The monoisotopic (exact) mass is 248 g/mol. The van der Waals surface area contributed by atoms with E-state index in [4.69, 9.17) is 10.5 Å². The quantitative estimate of drug-likeness (QED) is 0.837. The Balaban J connectivity index is 1.99. The maximum Gasteiger partial charge on any atom is 0.250 e. The Labute approximate surface area is 103 Å². The molecule has 1 heterocycles. The van der Waals surface area contributed by atoms with E-state index >= 15 is 0 Å². The second-order valence-electron chi connectivity index (χ2n) is 3.76. The van der Waals surface area contributed by atoms with E-state index in [-0.39, 0.29) is 12.2 Å². The Morgan fingerprint density at radius 1 is 1.28 bits per heavy atom. The Morgan fingerprint density at radius 2 is 2.11 bits per heavy atom. The van der Waals surface area contributed by atoms with Gasteiger partial charge in [-0.2, -0.15) is 0 Å². The Morgan fingerprint density at radius 3 is 2.89 bits per heavy atom. The summed E-state index contributed by atoms with van der Waals surface area (Å²) in [7, 11) is 0. The van der Waals surface area contributed by atoms with E-state index in [0.29, 0.717) is 18.0 Å². The number of nitrogens with zero attached hydrogens (tertiary/aromatic N) is 1. The van der Waals surface area contributed by atoms with E-state index in [2.05, 4.69) is 0 Å². The third kappa shape index (κ3) is 2.88. The normalized spacial score (nSPS) is 10.3. The van der Waals surface area contributed by atoms with Gasteiger partial charge in [0.15, 0.2) is 0 Å². The minimum atomic E-state index is -0.406. The van der Waals surface area contributed by atoms with Crippen molar-refractivity contribution in [1.82, 2.24) is 4.57 Å². The van der Waals surface area contributed by atoms with Gasteiger partial charge < -0.3 is 15.0 Å². The number of nitrogen functional groups attached to an aromatic ring is 1. The first-order chi connectivity index (χ1) is 8.66. The number of aromatic nitrogens is 1. The molecule has 94 valence electrons. The number of anilines is 1. The molecule has 1 aromatic heterocycles. The highest BCUT2D eigenvalue weighted by Crippen LogP contribution is 2.21. The number of ether oxygens (including phenoxy) is 1. The summed E-state index contributed by atoms with van der Waals surface area (Å²) in [5.74, 6) is -0.116. The zero-order valence-electron chi connectivity index (χ0n) is 9.67. The maximum atomic E-state index is 13.0. The summed E-state index contributed by atoms with van der Waals surface area (Å²) in [4.78, 5) is 11.4. The topological polar surface area (TPSA) is 57.2 Å². The molecule has 0 aliphatic heterocycles. The lowest BCUT2D eigenvalue weighted by Crippen LogP contribution is -2.21. The van der Waals surface area contributed by atoms with E-state index in [9.17, 15) is 9.18 Å². The average molecular weight is 248 g/mol. The van der Waals surface area contributed by atoms with Crippen molar-refractivity contribution in [3.05, 3.63) is 58.8 Å². The lowest BCUT2D eigenvalue weighted by molar-refractivity contribution is 0.296. The molecule has 0 amide bonds. The number of benzene rings is 1. The molecule has 0 saturated heterocycles. The van der Waals surface area contributed by atoms with Crippen molar-refractivity contribution < 1.29 is 9.13 Å². The number of rotatable bonds is 4. The Bertz CT molecular complexity index is 596. The largest absolute Gasteiger partial charge is 0.489 e. The highest BCUT2D eigenvalue weighted by atomic mass is 19.1. The van der Waals surface area contributed by atoms with Gasteiger partial charge in [-0.05, 0) is 18.2 Å². The minimum Gasteiger partial charge on any atom is -0.489 e. The van der Waals surface area contributed by atoms with Crippen LogP contribution in [0.2, 0.25) is 0 Å². The number of hydrogen-bond acceptors (Lipinski definition) is 3. The second kappa shape index (κ2) is 5.35. The van der Waals surface area contributed by atoms with Crippen LogP contribution in [0, 0.1) is 5.82 Å². The molecule has 0 spiro atoms. The van der Waals surface area contributed by atoms with Gasteiger partial charge in [-0.3, -0.25) is 4.79 Å². The highest BCUT2D eigenvalue weighted by Gasteiger charge is 2.02. The first kappa shape index (κ1) is 12.2. The molecule has 0 unspecified atom stereocenters. The molecule has 0 saturated carbocycles. The van der Waals surface area contributed by atoms with Crippen molar-refractivity contribution >= 4 is 5.69 Å². The standard InChI is InChI=1S/C13H13FN2O2/c14-10-4-5-11(15)12(9-10)18-8-7-16-6-2-1-3-13(16)17/h1-6,9H,7-8,15H2. The second-order valence-corrected chi connectivity index (χ2v) is 3.76. The molecule has 0 atom stereocenters. The molecular formula is C13H13FN2O2. The number of halogens is 1. The van der Waals surface area contributed by atoms with Gasteiger partial charge in [-0.15, -0.1) is 0 Å². The summed E-state index contributed by atoms with van der Waals surface area (Å²) in [6, 6.07) is 8.84. The van der Waals surface area contributed by atoms with Crippen molar-refractivity contribution in [3.63, 3.8) is 0 Å². The number of pyridine rings is 1. The molecule has 18 heavy (non-hydrogen) atoms. The van der Waals surface area contributed by atoms with Crippen LogP contribution in [0.15, 0.2) is 47.4 Å². The van der Waals surface area contributed by atoms with Crippen LogP contribution in [0.1, 0.15) is 0 Å². The molecule has 0 bridgehead atoms. The van der Waals surface area contributed by atoms with Gasteiger partial charge in [0.25, 0.3) is 5.56 Å². The molecular weight excluding hydrogens is 235 g/mol. The van der Waals surface area contributed by atoms with Crippen LogP contribution >= 0.6 is 0 Å². The summed E-state index contributed by atoms with van der Waals surface area (Å²) >= 11 is 0. The zero-order chi connectivity index (χ0) is 13.0. The molecule has 0 aliphatic carbocycles. The van der Waals surface area contributed by atoms with Crippen LogP contribution in [0.4, 0.5) is 10.1 Å². The third-order valence-corrected chi connectivity index (χ3v) is 2.46. The van der Waals surface area contributed by atoms with Crippen LogP contribution in [-0.2, 0) is 6.54 Å². The van der Waals surface area contributed by atoms with E-state index in [0.717, 1.165) is 0 Å². The smallest absolute Gasteiger partial charge is 0.250 e. The van der Waals surface area contributed by atoms with Gasteiger partial charge in [-0.1, -0.05) is 6.07 Å². The SMILES string of the molecule is Nc1ccc(F)cc1OCCn1ccccc1=O. The molecule has 1 aromatic carbocycles. The van der Waals surface area contributed by atoms with Gasteiger partial charge in [0, 0.05) is 18.3 Å². The van der Waals surface area contributed by atoms with Gasteiger partial charge >= 0.3 is 0 Å². The Kier molecular flexibility index (Phi) is 3.62. The summed E-state index contributed by atoms with van der Waals surface area (Å²) in [6.07, 6.45) is 1.67. The molecule has 0 aliphatic rings. The van der Waals surface area contributed by atoms with E-state index in [1.165, 1.54) is 28.8 Å². The Hall–Kier alpha value is -2.30. The fourth-order valence-corrected chi connectivity index (χ4v) is 1.53. The first-order valence-electron chi connectivity index (χ1n) is 5.50. The van der Waals surface area contributed by atoms with E-state index in [1.807, 2.05) is 0 Å². The van der Waals surface area contributed by atoms with E-state index in [1.54, 1.807) is 18.3 Å². The molecule has 2 aromatic rings. The summed E-state index contributed by atoms with van der Waals surface area (Å²) < 4.78 is 19.8. The third-order valence-electron chi connectivity index (χ3n) is 2.46. The lowest BCUT2D eigenvalue weighted by atomic mass is 10.3. The fourth-order valence-electron chi connectivity index (χ4n) is 1.53. The van der Waals surface area contributed by atoms with Gasteiger partial charge in [0.1, 0.15) is 18.2 Å². The summed E-state index contributed by atoms with van der Waals surface area (Å²) in [5.41, 5.74) is 5.91. The zero-order valence-corrected chi connectivity index (χ0v) is 9.67. The van der Waals surface area contributed by atoms with Crippen LogP contribution in [0.3, 0.4) is 0 Å². The molecule has 5 heteroatoms. The summed E-state index contributed by atoms with van der Waals surface area (Å²) in [5, 5.41) is 0. The average Bonchev–Trinajstić information content (AvgIpc) is 2.36. The summed E-state index contributed by atoms with van der Waals surface area (Å²) in [6.45, 7) is 0.632. The minimum absolute atomic E-state index is 0.103. The van der Waals surface area contributed by atoms with Crippen molar-refractivity contribution in [2.45, 2.75) is 6.54 Å². The highest BCUT2D eigenvalue weighted by molar-refractivity contribution is 5.52. The van der Waals surface area contributed by atoms with Crippen molar-refractivity contribution in [1.29, 1.82) is 0 Å². The van der Waals surface area contributed by atoms with Crippen LogP contribution < -0.4 is 16.0 Å². The van der Waals surface area contributed by atoms with Crippen LogP contribution in [0.5, 0.6) is 5.75 Å². The first-order valence-corrected chi connectivity index (χ1v) is 5.50. The predicted octanol–water partition coefficient (Wildman–Crippen LogP) is 1.65. The van der Waals surface area contributed by atoms with E-state index < -0.39 is 5.82 Å².